The molecular weight excluding hydrogens is 202 g/mol. The van der Waals surface area contributed by atoms with Crippen molar-refractivity contribution >= 4 is 11.6 Å². The summed E-state index contributed by atoms with van der Waals surface area (Å²) in [7, 11) is 3.99. The van der Waals surface area contributed by atoms with Crippen LogP contribution in [0, 0.1) is 0 Å². The first-order valence-electron chi connectivity index (χ1n) is 5.74. The molecule has 0 aliphatic carbocycles. The van der Waals surface area contributed by atoms with Crippen molar-refractivity contribution in [2.24, 2.45) is 0 Å². The molecule has 2 heterocycles. The third kappa shape index (κ3) is 2.85. The summed E-state index contributed by atoms with van der Waals surface area (Å²) in [6.45, 7) is 1.68. The van der Waals surface area contributed by atoms with Crippen LogP contribution in [0.1, 0.15) is 12.8 Å². The van der Waals surface area contributed by atoms with E-state index >= 15 is 0 Å². The fourth-order valence-electron chi connectivity index (χ4n) is 1.82. The minimum absolute atomic E-state index is 0.402. The van der Waals surface area contributed by atoms with Crippen molar-refractivity contribution in [3.63, 3.8) is 0 Å². The molecule has 4 heteroatoms. The van der Waals surface area contributed by atoms with Crippen LogP contribution < -0.4 is 10.2 Å². The first-order chi connectivity index (χ1) is 7.75. The summed E-state index contributed by atoms with van der Waals surface area (Å²) in [6.07, 6.45) is 2.29. The van der Waals surface area contributed by atoms with Gasteiger partial charge in [0.1, 0.15) is 11.6 Å². The summed E-state index contributed by atoms with van der Waals surface area (Å²) in [5.74, 6) is 1.91. The van der Waals surface area contributed by atoms with Crippen molar-refractivity contribution in [3.8, 4) is 0 Å². The molecule has 1 aromatic rings. The lowest BCUT2D eigenvalue weighted by atomic mass is 10.1. The van der Waals surface area contributed by atoms with Gasteiger partial charge in [-0.15, -0.1) is 0 Å². The van der Waals surface area contributed by atoms with Crippen LogP contribution in [0.25, 0.3) is 0 Å². The minimum Gasteiger partial charge on any atom is -0.379 e. The Bertz CT molecular complexity index is 335. The van der Waals surface area contributed by atoms with Gasteiger partial charge in [0.25, 0.3) is 0 Å². The maximum atomic E-state index is 5.43. The zero-order valence-electron chi connectivity index (χ0n) is 9.94. The Labute approximate surface area is 96.6 Å². The molecule has 1 atom stereocenters. The molecule has 1 aromatic heterocycles. The number of hydrogen-bond donors (Lipinski definition) is 1. The highest BCUT2D eigenvalue weighted by molar-refractivity contribution is 5.46. The fraction of sp³-hybridized carbons (Fsp3) is 0.583. The third-order valence-corrected chi connectivity index (χ3v) is 2.70. The molecule has 0 amide bonds. The van der Waals surface area contributed by atoms with Gasteiger partial charge in [0.05, 0.1) is 12.6 Å². The Morgan fingerprint density at radius 1 is 1.44 bits per heavy atom. The van der Waals surface area contributed by atoms with Gasteiger partial charge in [-0.05, 0) is 25.0 Å². The first-order valence-corrected chi connectivity index (χ1v) is 5.74. The highest BCUT2D eigenvalue weighted by Gasteiger charge is 2.13. The van der Waals surface area contributed by atoms with E-state index in [2.05, 4.69) is 10.3 Å². The second kappa shape index (κ2) is 5.16. The molecule has 0 aromatic carbocycles. The summed E-state index contributed by atoms with van der Waals surface area (Å²) < 4.78 is 5.43. The zero-order valence-corrected chi connectivity index (χ0v) is 9.94. The van der Waals surface area contributed by atoms with Gasteiger partial charge < -0.3 is 15.0 Å². The number of anilines is 2. The van der Waals surface area contributed by atoms with E-state index in [9.17, 15) is 0 Å². The third-order valence-electron chi connectivity index (χ3n) is 2.70. The van der Waals surface area contributed by atoms with E-state index in [1.165, 1.54) is 0 Å². The van der Waals surface area contributed by atoms with Crippen LogP contribution in [0.3, 0.4) is 0 Å². The van der Waals surface area contributed by atoms with Crippen molar-refractivity contribution in [1.29, 1.82) is 0 Å². The zero-order chi connectivity index (χ0) is 11.4. The molecule has 1 N–H and O–H groups in total. The van der Waals surface area contributed by atoms with Crippen LogP contribution in [-0.4, -0.2) is 38.3 Å². The maximum absolute atomic E-state index is 5.43. The van der Waals surface area contributed by atoms with Gasteiger partial charge >= 0.3 is 0 Å². The molecule has 1 saturated heterocycles. The number of pyridine rings is 1. The van der Waals surface area contributed by atoms with Gasteiger partial charge in [-0.25, -0.2) is 4.98 Å². The summed E-state index contributed by atoms with van der Waals surface area (Å²) in [5, 5.41) is 3.41. The number of hydrogen-bond acceptors (Lipinski definition) is 4. The van der Waals surface area contributed by atoms with Crippen molar-refractivity contribution in [2.45, 2.75) is 18.9 Å². The van der Waals surface area contributed by atoms with Crippen LogP contribution in [0.15, 0.2) is 18.2 Å². The minimum atomic E-state index is 0.402. The molecule has 0 saturated carbocycles. The first kappa shape index (κ1) is 11.2. The van der Waals surface area contributed by atoms with Crippen LogP contribution in [0.2, 0.25) is 0 Å². The molecule has 4 nitrogen and oxygen atoms in total. The predicted octanol–water partition coefficient (Wildman–Crippen LogP) is 1.74. The predicted molar refractivity (Wildman–Crippen MR) is 66.0 cm³/mol. The second-order valence-corrected chi connectivity index (χ2v) is 4.33. The summed E-state index contributed by atoms with van der Waals surface area (Å²) in [6, 6.07) is 6.43. The molecule has 0 spiro atoms. The topological polar surface area (TPSA) is 37.4 Å². The van der Waals surface area contributed by atoms with Gasteiger partial charge in [-0.2, -0.15) is 0 Å². The number of rotatable bonds is 3. The van der Waals surface area contributed by atoms with Gasteiger partial charge in [0.15, 0.2) is 0 Å². The summed E-state index contributed by atoms with van der Waals surface area (Å²) in [4.78, 5) is 6.53. The summed E-state index contributed by atoms with van der Waals surface area (Å²) in [5.41, 5.74) is 0. The average molecular weight is 221 g/mol. The van der Waals surface area contributed by atoms with Gasteiger partial charge in [0, 0.05) is 20.7 Å². The van der Waals surface area contributed by atoms with Gasteiger partial charge in [-0.3, -0.25) is 0 Å². The molecule has 1 fully saturated rings. The summed E-state index contributed by atoms with van der Waals surface area (Å²) >= 11 is 0. The quantitative estimate of drug-likeness (QED) is 0.843. The lowest BCUT2D eigenvalue weighted by Crippen LogP contribution is -2.30. The number of aromatic nitrogens is 1. The molecule has 1 unspecified atom stereocenters. The monoisotopic (exact) mass is 221 g/mol. The smallest absolute Gasteiger partial charge is 0.130 e. The maximum Gasteiger partial charge on any atom is 0.130 e. The normalized spacial score (nSPS) is 20.5. The number of nitrogens with one attached hydrogen (secondary N) is 1. The van der Waals surface area contributed by atoms with Gasteiger partial charge in [-0.1, -0.05) is 6.07 Å². The molecule has 0 radical (unpaired) electrons. The Morgan fingerprint density at radius 2 is 2.31 bits per heavy atom. The van der Waals surface area contributed by atoms with Crippen molar-refractivity contribution < 1.29 is 4.74 Å². The molecule has 2 rings (SSSR count). The van der Waals surface area contributed by atoms with Crippen molar-refractivity contribution in [3.05, 3.63) is 18.2 Å². The molecule has 1 aliphatic rings. The van der Waals surface area contributed by atoms with E-state index in [4.69, 9.17) is 4.74 Å². The largest absolute Gasteiger partial charge is 0.379 e. The molecule has 1 aliphatic heterocycles. The Hall–Kier alpha value is -1.29. The number of ether oxygens (including phenoxy) is 1. The van der Waals surface area contributed by atoms with E-state index in [0.29, 0.717) is 6.04 Å². The van der Waals surface area contributed by atoms with E-state index in [1.807, 2.05) is 37.2 Å². The van der Waals surface area contributed by atoms with Crippen molar-refractivity contribution in [1.82, 2.24) is 4.98 Å². The molecule has 88 valence electrons. The fourth-order valence-corrected chi connectivity index (χ4v) is 1.82. The van der Waals surface area contributed by atoms with Gasteiger partial charge in [0.2, 0.25) is 0 Å². The Morgan fingerprint density at radius 3 is 3.00 bits per heavy atom. The van der Waals surface area contributed by atoms with Crippen LogP contribution >= 0.6 is 0 Å². The molecule has 0 bridgehead atoms. The lowest BCUT2D eigenvalue weighted by Gasteiger charge is -2.24. The Kier molecular flexibility index (Phi) is 3.62. The lowest BCUT2D eigenvalue weighted by molar-refractivity contribution is 0.0875. The van der Waals surface area contributed by atoms with Crippen LogP contribution in [-0.2, 0) is 4.74 Å². The number of nitrogens with zero attached hydrogens (tertiary/aromatic N) is 2. The average Bonchev–Trinajstić information content (AvgIpc) is 2.30. The molecular formula is C12H19N3O. The van der Waals surface area contributed by atoms with E-state index in [0.717, 1.165) is 37.7 Å². The second-order valence-electron chi connectivity index (χ2n) is 4.33. The SMILES string of the molecule is CN(C)c1cccc(NC2CCCOC2)n1. The van der Waals surface area contributed by atoms with E-state index < -0.39 is 0 Å². The standard InChI is InChI=1S/C12H19N3O/c1-15(2)12-7-3-6-11(14-12)13-10-5-4-8-16-9-10/h3,6-7,10H,4-5,8-9H2,1-2H3,(H,13,14). The van der Waals surface area contributed by atoms with E-state index in [-0.39, 0.29) is 0 Å². The van der Waals surface area contributed by atoms with Crippen LogP contribution in [0.5, 0.6) is 0 Å². The molecule has 16 heavy (non-hydrogen) atoms. The highest BCUT2D eigenvalue weighted by atomic mass is 16.5. The highest BCUT2D eigenvalue weighted by Crippen LogP contribution is 2.15. The van der Waals surface area contributed by atoms with E-state index in [1.54, 1.807) is 0 Å². The van der Waals surface area contributed by atoms with Crippen molar-refractivity contribution in [2.75, 3.05) is 37.5 Å². The van der Waals surface area contributed by atoms with Crippen LogP contribution in [0.4, 0.5) is 11.6 Å². The Balaban J connectivity index is 2.00.